The van der Waals surface area contributed by atoms with Gasteiger partial charge in [0.05, 0.1) is 6.61 Å². The van der Waals surface area contributed by atoms with E-state index < -0.39 is 17.3 Å². The average molecular weight is 287 g/mol. The maximum Gasteiger partial charge on any atom is 0.334 e. The lowest BCUT2D eigenvalue weighted by Gasteiger charge is -2.36. The molecule has 0 fully saturated rings. The van der Waals surface area contributed by atoms with Gasteiger partial charge in [-0.1, -0.05) is 24.3 Å². The van der Waals surface area contributed by atoms with Crippen LogP contribution in [-0.2, 0) is 10.3 Å². The van der Waals surface area contributed by atoms with Gasteiger partial charge in [-0.2, -0.15) is 0 Å². The lowest BCUT2D eigenvalue weighted by molar-refractivity contribution is -0.143. The Morgan fingerprint density at radius 3 is 2.81 bits per heavy atom. The zero-order valence-electron chi connectivity index (χ0n) is 11.2. The standard InChI is InChI=1S/C16H14FNO3/c17-11-4-3-5-12(10-11)18-16(15(19)20)8-9-21-14-7-2-1-6-13(14)16/h1-7,10,18H,8-9H2,(H,19,20). The number of halogens is 1. The van der Waals surface area contributed by atoms with Crippen LogP contribution in [0.3, 0.4) is 0 Å². The molecular weight excluding hydrogens is 273 g/mol. The molecule has 0 radical (unpaired) electrons. The second kappa shape index (κ2) is 5.09. The summed E-state index contributed by atoms with van der Waals surface area (Å²) >= 11 is 0. The first-order chi connectivity index (χ1) is 10.1. The molecule has 1 heterocycles. The highest BCUT2D eigenvalue weighted by Crippen LogP contribution is 2.39. The first-order valence-corrected chi connectivity index (χ1v) is 6.61. The molecule has 0 bridgehead atoms. The number of nitrogens with one attached hydrogen (secondary N) is 1. The van der Waals surface area contributed by atoms with Crippen molar-refractivity contribution in [3.8, 4) is 5.75 Å². The van der Waals surface area contributed by atoms with Gasteiger partial charge in [0, 0.05) is 17.7 Å². The Morgan fingerprint density at radius 1 is 1.24 bits per heavy atom. The van der Waals surface area contributed by atoms with E-state index in [1.165, 1.54) is 12.1 Å². The summed E-state index contributed by atoms with van der Waals surface area (Å²) in [5, 5.41) is 12.7. The molecule has 108 valence electrons. The summed E-state index contributed by atoms with van der Waals surface area (Å²) in [6.45, 7) is 0.283. The number of anilines is 1. The van der Waals surface area contributed by atoms with Gasteiger partial charge in [-0.25, -0.2) is 9.18 Å². The van der Waals surface area contributed by atoms with Crippen LogP contribution in [-0.4, -0.2) is 17.7 Å². The first kappa shape index (κ1) is 13.4. The highest BCUT2D eigenvalue weighted by molar-refractivity contribution is 5.86. The number of benzene rings is 2. The molecule has 1 aliphatic heterocycles. The van der Waals surface area contributed by atoms with Crippen LogP contribution in [0.5, 0.6) is 5.75 Å². The largest absolute Gasteiger partial charge is 0.493 e. The number of para-hydroxylation sites is 1. The van der Waals surface area contributed by atoms with E-state index in [1.807, 2.05) is 0 Å². The predicted octanol–water partition coefficient (Wildman–Crippen LogP) is 3.00. The molecule has 1 unspecified atom stereocenters. The molecule has 0 saturated carbocycles. The van der Waals surface area contributed by atoms with E-state index in [-0.39, 0.29) is 13.0 Å². The topological polar surface area (TPSA) is 58.6 Å². The molecular formula is C16H14FNO3. The van der Waals surface area contributed by atoms with E-state index >= 15 is 0 Å². The lowest BCUT2D eigenvalue weighted by Crippen LogP contribution is -2.47. The van der Waals surface area contributed by atoms with Crippen molar-refractivity contribution in [2.24, 2.45) is 0 Å². The molecule has 1 atom stereocenters. The molecule has 3 rings (SSSR count). The summed E-state index contributed by atoms with van der Waals surface area (Å²) in [5.41, 5.74) is -0.343. The van der Waals surface area contributed by atoms with Crippen molar-refractivity contribution in [3.63, 3.8) is 0 Å². The summed E-state index contributed by atoms with van der Waals surface area (Å²) in [6.07, 6.45) is 0.260. The van der Waals surface area contributed by atoms with Gasteiger partial charge in [-0.3, -0.25) is 0 Å². The van der Waals surface area contributed by atoms with Crippen LogP contribution >= 0.6 is 0 Å². The molecule has 0 amide bonds. The van der Waals surface area contributed by atoms with Crippen LogP contribution in [0.1, 0.15) is 12.0 Å². The summed E-state index contributed by atoms with van der Waals surface area (Å²) in [7, 11) is 0. The van der Waals surface area contributed by atoms with Gasteiger partial charge >= 0.3 is 5.97 Å². The number of hydrogen-bond acceptors (Lipinski definition) is 3. The Hall–Kier alpha value is -2.56. The number of carboxylic acid groups (broad SMARTS) is 1. The van der Waals surface area contributed by atoms with Crippen molar-refractivity contribution in [2.75, 3.05) is 11.9 Å². The highest BCUT2D eigenvalue weighted by Gasteiger charge is 2.44. The third-order valence-corrected chi connectivity index (χ3v) is 3.63. The maximum atomic E-state index is 13.3. The van der Waals surface area contributed by atoms with Crippen LogP contribution in [0.4, 0.5) is 10.1 Å². The minimum Gasteiger partial charge on any atom is -0.493 e. The second-order valence-electron chi connectivity index (χ2n) is 4.94. The molecule has 21 heavy (non-hydrogen) atoms. The van der Waals surface area contributed by atoms with Crippen LogP contribution in [0.2, 0.25) is 0 Å². The van der Waals surface area contributed by atoms with Gasteiger partial charge in [0.25, 0.3) is 0 Å². The SMILES string of the molecule is O=C(O)C1(Nc2cccc(F)c2)CCOc2ccccc21. The van der Waals surface area contributed by atoms with E-state index in [1.54, 1.807) is 36.4 Å². The van der Waals surface area contributed by atoms with Crippen molar-refractivity contribution in [2.45, 2.75) is 12.0 Å². The molecule has 0 spiro atoms. The summed E-state index contributed by atoms with van der Waals surface area (Å²) in [5.74, 6) is -0.890. The van der Waals surface area contributed by atoms with Crippen molar-refractivity contribution >= 4 is 11.7 Å². The fraction of sp³-hybridized carbons (Fsp3) is 0.188. The van der Waals surface area contributed by atoms with Gasteiger partial charge in [0.2, 0.25) is 0 Å². The molecule has 1 aliphatic rings. The molecule has 2 aromatic rings. The number of rotatable bonds is 3. The van der Waals surface area contributed by atoms with Crippen LogP contribution in [0.15, 0.2) is 48.5 Å². The van der Waals surface area contributed by atoms with Crippen molar-refractivity contribution < 1.29 is 19.0 Å². The number of fused-ring (bicyclic) bond motifs is 1. The van der Waals surface area contributed by atoms with Crippen molar-refractivity contribution in [1.29, 1.82) is 0 Å². The molecule has 2 N–H and O–H groups in total. The molecule has 0 saturated heterocycles. The number of hydrogen-bond donors (Lipinski definition) is 2. The molecule has 5 heteroatoms. The number of aliphatic carboxylic acids is 1. The summed E-state index contributed by atoms with van der Waals surface area (Å²) in [4.78, 5) is 11.9. The molecule has 0 aromatic heterocycles. The van der Waals surface area contributed by atoms with E-state index in [4.69, 9.17) is 4.74 Å². The first-order valence-electron chi connectivity index (χ1n) is 6.61. The third kappa shape index (κ3) is 2.31. The Bertz CT molecular complexity index is 689. The van der Waals surface area contributed by atoms with Gasteiger partial charge in [0.1, 0.15) is 11.6 Å². The number of carboxylic acids is 1. The van der Waals surface area contributed by atoms with E-state index in [0.717, 1.165) is 0 Å². The lowest BCUT2D eigenvalue weighted by atomic mass is 9.84. The Morgan fingerprint density at radius 2 is 2.05 bits per heavy atom. The Labute approximate surface area is 121 Å². The minimum absolute atomic E-state index is 0.260. The smallest absolute Gasteiger partial charge is 0.334 e. The van der Waals surface area contributed by atoms with E-state index in [9.17, 15) is 14.3 Å². The molecule has 0 aliphatic carbocycles. The van der Waals surface area contributed by atoms with Crippen molar-refractivity contribution in [3.05, 3.63) is 59.9 Å². The normalized spacial score (nSPS) is 20.2. The third-order valence-electron chi connectivity index (χ3n) is 3.63. The fourth-order valence-corrected chi connectivity index (χ4v) is 2.61. The number of ether oxygens (including phenoxy) is 1. The maximum absolute atomic E-state index is 13.3. The average Bonchev–Trinajstić information content (AvgIpc) is 2.47. The van der Waals surface area contributed by atoms with Crippen molar-refractivity contribution in [1.82, 2.24) is 0 Å². The van der Waals surface area contributed by atoms with E-state index in [0.29, 0.717) is 17.0 Å². The summed E-state index contributed by atoms with van der Waals surface area (Å²) < 4.78 is 18.8. The van der Waals surface area contributed by atoms with Gasteiger partial charge in [-0.05, 0) is 24.3 Å². The Kier molecular flexibility index (Phi) is 3.25. The quantitative estimate of drug-likeness (QED) is 0.911. The highest BCUT2D eigenvalue weighted by atomic mass is 19.1. The molecule has 2 aromatic carbocycles. The van der Waals surface area contributed by atoms with Crippen LogP contribution in [0.25, 0.3) is 0 Å². The van der Waals surface area contributed by atoms with E-state index in [2.05, 4.69) is 5.32 Å². The molecule has 4 nitrogen and oxygen atoms in total. The zero-order chi connectivity index (χ0) is 14.9. The van der Waals surface area contributed by atoms with Gasteiger partial charge in [-0.15, -0.1) is 0 Å². The second-order valence-corrected chi connectivity index (χ2v) is 4.94. The predicted molar refractivity (Wildman–Crippen MR) is 75.9 cm³/mol. The Balaban J connectivity index is 2.08. The summed E-state index contributed by atoms with van der Waals surface area (Å²) in [6, 6.07) is 12.8. The minimum atomic E-state index is -1.32. The van der Waals surface area contributed by atoms with Crippen LogP contribution < -0.4 is 10.1 Å². The van der Waals surface area contributed by atoms with Gasteiger partial charge in [0.15, 0.2) is 5.54 Å². The monoisotopic (exact) mass is 287 g/mol. The fourth-order valence-electron chi connectivity index (χ4n) is 2.61. The number of carbonyl (C=O) groups is 1. The van der Waals surface area contributed by atoms with Crippen LogP contribution in [0, 0.1) is 5.82 Å². The van der Waals surface area contributed by atoms with Gasteiger partial charge < -0.3 is 15.2 Å². The zero-order valence-corrected chi connectivity index (χ0v) is 11.2.